The number of nitrogens with one attached hydrogen (secondary N) is 3. The fourth-order valence-corrected chi connectivity index (χ4v) is 2.99. The average molecular weight is 393 g/mol. The Labute approximate surface area is 171 Å². The predicted octanol–water partition coefficient (Wildman–Crippen LogP) is 3.62. The number of aromatic amines is 1. The van der Waals surface area contributed by atoms with E-state index in [1.807, 2.05) is 44.2 Å². The first-order valence-electron chi connectivity index (χ1n) is 9.82. The number of ether oxygens (including phenoxy) is 1. The Balaban J connectivity index is 1.70. The zero-order valence-corrected chi connectivity index (χ0v) is 17.2. The Morgan fingerprint density at radius 3 is 2.62 bits per heavy atom. The van der Waals surface area contributed by atoms with Crippen molar-refractivity contribution in [3.63, 3.8) is 0 Å². The number of methoxy groups -OCH3 is 1. The molecule has 1 aromatic heterocycles. The lowest BCUT2D eigenvalue weighted by Gasteiger charge is -2.08. The Hall–Kier alpha value is -2.96. The van der Waals surface area contributed by atoms with Crippen molar-refractivity contribution in [1.82, 2.24) is 20.8 Å². The molecule has 0 aliphatic carbocycles. The van der Waals surface area contributed by atoms with Gasteiger partial charge in [-0.1, -0.05) is 36.4 Å². The van der Waals surface area contributed by atoms with E-state index in [9.17, 15) is 4.79 Å². The monoisotopic (exact) mass is 392 g/mol. The van der Waals surface area contributed by atoms with Gasteiger partial charge in [-0.15, -0.1) is 0 Å². The molecular formula is C23H28N4O2. The lowest BCUT2D eigenvalue weighted by atomic mass is 10.1. The van der Waals surface area contributed by atoms with Gasteiger partial charge in [0.1, 0.15) is 0 Å². The summed E-state index contributed by atoms with van der Waals surface area (Å²) in [5.41, 5.74) is 5.57. The molecule has 0 aliphatic rings. The van der Waals surface area contributed by atoms with Crippen molar-refractivity contribution in [2.24, 2.45) is 0 Å². The molecule has 0 atom stereocenters. The highest BCUT2D eigenvalue weighted by molar-refractivity contribution is 5.95. The van der Waals surface area contributed by atoms with Crippen molar-refractivity contribution in [1.29, 1.82) is 0 Å². The maximum atomic E-state index is 12.3. The average Bonchev–Trinajstić information content (AvgIpc) is 3.22. The lowest BCUT2D eigenvalue weighted by Crippen LogP contribution is -2.30. The Kier molecular flexibility index (Phi) is 7.16. The van der Waals surface area contributed by atoms with Gasteiger partial charge in [-0.25, -0.2) is 0 Å². The fourth-order valence-electron chi connectivity index (χ4n) is 2.99. The summed E-state index contributed by atoms with van der Waals surface area (Å²) in [5.74, 6) is -0.0766. The molecule has 0 radical (unpaired) electrons. The van der Waals surface area contributed by atoms with Crippen molar-refractivity contribution >= 4 is 5.91 Å². The quantitative estimate of drug-likeness (QED) is 0.486. The third-order valence-electron chi connectivity index (χ3n) is 4.50. The highest BCUT2D eigenvalue weighted by atomic mass is 16.5. The number of rotatable bonds is 9. The molecule has 3 N–H and O–H groups in total. The van der Waals surface area contributed by atoms with Crippen LogP contribution in [-0.4, -0.2) is 42.4 Å². The number of carbonyl (C=O) groups excluding carboxylic acids is 1. The Morgan fingerprint density at radius 1 is 1.10 bits per heavy atom. The van der Waals surface area contributed by atoms with Crippen LogP contribution in [-0.2, 0) is 11.3 Å². The first-order chi connectivity index (χ1) is 14.1. The number of aromatic nitrogens is 2. The molecule has 6 nitrogen and oxygen atoms in total. The molecule has 3 rings (SSSR count). The molecule has 0 saturated heterocycles. The number of amides is 1. The van der Waals surface area contributed by atoms with Crippen LogP contribution in [0.25, 0.3) is 22.5 Å². The summed E-state index contributed by atoms with van der Waals surface area (Å²) in [6.07, 6.45) is 0. The van der Waals surface area contributed by atoms with Crippen LogP contribution in [0.5, 0.6) is 0 Å². The van der Waals surface area contributed by atoms with Gasteiger partial charge in [-0.3, -0.25) is 9.89 Å². The van der Waals surface area contributed by atoms with Gasteiger partial charge in [-0.2, -0.15) is 5.10 Å². The minimum atomic E-state index is -0.0766. The molecule has 0 bridgehead atoms. The summed E-state index contributed by atoms with van der Waals surface area (Å²) >= 11 is 0. The minimum absolute atomic E-state index is 0.0766. The van der Waals surface area contributed by atoms with Gasteiger partial charge in [0, 0.05) is 37.4 Å². The van der Waals surface area contributed by atoms with Crippen molar-refractivity contribution in [2.45, 2.75) is 26.4 Å². The van der Waals surface area contributed by atoms with Crippen molar-refractivity contribution in [2.75, 3.05) is 20.3 Å². The second-order valence-corrected chi connectivity index (χ2v) is 7.24. The van der Waals surface area contributed by atoms with Crippen LogP contribution < -0.4 is 10.6 Å². The van der Waals surface area contributed by atoms with E-state index in [4.69, 9.17) is 4.74 Å². The van der Waals surface area contributed by atoms with Crippen LogP contribution in [0, 0.1) is 0 Å². The van der Waals surface area contributed by atoms with E-state index in [0.29, 0.717) is 12.2 Å². The zero-order valence-electron chi connectivity index (χ0n) is 17.2. The zero-order chi connectivity index (χ0) is 20.6. The number of hydrogen-bond acceptors (Lipinski definition) is 4. The summed E-state index contributed by atoms with van der Waals surface area (Å²) < 4.78 is 5.04. The maximum absolute atomic E-state index is 12.3. The Morgan fingerprint density at radius 2 is 1.90 bits per heavy atom. The molecule has 1 heterocycles. The van der Waals surface area contributed by atoms with E-state index >= 15 is 0 Å². The van der Waals surface area contributed by atoms with Crippen LogP contribution >= 0.6 is 0 Å². The smallest absolute Gasteiger partial charge is 0.251 e. The largest absolute Gasteiger partial charge is 0.383 e. The summed E-state index contributed by atoms with van der Waals surface area (Å²) in [7, 11) is 1.70. The van der Waals surface area contributed by atoms with E-state index in [1.165, 1.54) is 5.56 Å². The van der Waals surface area contributed by atoms with Crippen LogP contribution in [0.15, 0.2) is 54.6 Å². The molecule has 0 spiro atoms. The highest BCUT2D eigenvalue weighted by Gasteiger charge is 2.11. The van der Waals surface area contributed by atoms with Gasteiger partial charge < -0.3 is 15.4 Å². The normalized spacial score (nSPS) is 11.0. The maximum Gasteiger partial charge on any atom is 0.251 e. The third kappa shape index (κ3) is 5.76. The van der Waals surface area contributed by atoms with Crippen molar-refractivity contribution < 1.29 is 9.53 Å². The second kappa shape index (κ2) is 10.0. The molecule has 29 heavy (non-hydrogen) atoms. The number of carbonyl (C=O) groups is 1. The van der Waals surface area contributed by atoms with E-state index < -0.39 is 0 Å². The van der Waals surface area contributed by atoms with E-state index in [0.717, 1.165) is 35.6 Å². The van der Waals surface area contributed by atoms with Gasteiger partial charge in [0.25, 0.3) is 5.91 Å². The predicted molar refractivity (Wildman–Crippen MR) is 116 cm³/mol. The standard InChI is InChI=1S/C23H28N4O2/c1-16(2)25-23(28)20-6-4-5-19(13-20)22-14-21(26-27-22)18-9-7-17(8-10-18)15-24-11-12-29-3/h4-10,13-14,16,24H,11-12,15H2,1-3H3,(H,25,28)(H,26,27). The van der Waals surface area contributed by atoms with Crippen molar-refractivity contribution in [3.05, 3.63) is 65.7 Å². The second-order valence-electron chi connectivity index (χ2n) is 7.24. The van der Waals surface area contributed by atoms with Crippen LogP contribution in [0.4, 0.5) is 0 Å². The molecule has 0 fully saturated rings. The number of hydrogen-bond donors (Lipinski definition) is 3. The van der Waals surface area contributed by atoms with Gasteiger partial charge in [0.15, 0.2) is 0 Å². The molecular weight excluding hydrogens is 364 g/mol. The van der Waals surface area contributed by atoms with E-state index in [2.05, 4.69) is 45.1 Å². The summed E-state index contributed by atoms with van der Waals surface area (Å²) in [6, 6.07) is 18.0. The molecule has 1 amide bonds. The van der Waals surface area contributed by atoms with Crippen LogP contribution in [0.3, 0.4) is 0 Å². The topological polar surface area (TPSA) is 79.0 Å². The molecule has 0 unspecified atom stereocenters. The highest BCUT2D eigenvalue weighted by Crippen LogP contribution is 2.24. The molecule has 2 aromatic carbocycles. The van der Waals surface area contributed by atoms with Crippen LogP contribution in [0.1, 0.15) is 29.8 Å². The molecule has 152 valence electrons. The number of nitrogens with zero attached hydrogens (tertiary/aromatic N) is 1. The third-order valence-corrected chi connectivity index (χ3v) is 4.50. The molecule has 6 heteroatoms. The van der Waals surface area contributed by atoms with E-state index in [-0.39, 0.29) is 11.9 Å². The summed E-state index contributed by atoms with van der Waals surface area (Å²) in [4.78, 5) is 12.3. The minimum Gasteiger partial charge on any atom is -0.383 e. The molecule has 0 aliphatic heterocycles. The SMILES string of the molecule is COCCNCc1ccc(-c2cc(-c3cccc(C(=O)NC(C)C)c3)n[nH]2)cc1. The van der Waals surface area contributed by atoms with Crippen molar-refractivity contribution in [3.8, 4) is 22.5 Å². The first-order valence-corrected chi connectivity index (χ1v) is 9.82. The van der Waals surface area contributed by atoms with Gasteiger partial charge in [0.2, 0.25) is 0 Å². The van der Waals surface area contributed by atoms with Gasteiger partial charge in [-0.05, 0) is 43.2 Å². The van der Waals surface area contributed by atoms with E-state index in [1.54, 1.807) is 7.11 Å². The summed E-state index contributed by atoms with van der Waals surface area (Å²) in [5, 5.41) is 13.8. The van der Waals surface area contributed by atoms with Gasteiger partial charge in [0.05, 0.1) is 18.0 Å². The first kappa shape index (κ1) is 20.8. The van der Waals surface area contributed by atoms with Gasteiger partial charge >= 0.3 is 0 Å². The number of H-pyrrole nitrogens is 1. The Bertz CT molecular complexity index is 932. The number of benzene rings is 2. The summed E-state index contributed by atoms with van der Waals surface area (Å²) in [6.45, 7) is 6.24. The lowest BCUT2D eigenvalue weighted by molar-refractivity contribution is 0.0943. The fraction of sp³-hybridized carbons (Fsp3) is 0.304. The van der Waals surface area contributed by atoms with Crippen LogP contribution in [0.2, 0.25) is 0 Å². The molecule has 3 aromatic rings. The molecule has 0 saturated carbocycles.